The van der Waals surface area contributed by atoms with E-state index in [-0.39, 0.29) is 17.3 Å². The Kier molecular flexibility index (Phi) is 4.75. The summed E-state index contributed by atoms with van der Waals surface area (Å²) in [6.07, 6.45) is 0. The molecule has 0 aliphatic heterocycles. The highest BCUT2D eigenvalue weighted by Gasteiger charge is 2.08. The van der Waals surface area contributed by atoms with Crippen LogP contribution in [0.5, 0.6) is 0 Å². The van der Waals surface area contributed by atoms with Crippen molar-refractivity contribution in [2.45, 2.75) is 6.92 Å². The van der Waals surface area contributed by atoms with Crippen molar-refractivity contribution in [2.75, 3.05) is 17.2 Å². The zero-order valence-electron chi connectivity index (χ0n) is 11.2. The lowest BCUT2D eigenvalue weighted by molar-refractivity contribution is -0.114. The lowest BCUT2D eigenvalue weighted by Crippen LogP contribution is -2.22. The van der Waals surface area contributed by atoms with Crippen molar-refractivity contribution < 1.29 is 13.6 Å². The van der Waals surface area contributed by atoms with Gasteiger partial charge in [-0.05, 0) is 42.8 Å². The lowest BCUT2D eigenvalue weighted by Gasteiger charge is -2.10. The second-order valence-corrected chi connectivity index (χ2v) is 4.92. The Morgan fingerprint density at radius 1 is 1.14 bits per heavy atom. The van der Waals surface area contributed by atoms with Crippen LogP contribution in [0.4, 0.5) is 20.2 Å². The molecular weight excluding hydrogens is 298 g/mol. The maximum absolute atomic E-state index is 13.6. The van der Waals surface area contributed by atoms with Crippen molar-refractivity contribution in [1.29, 1.82) is 0 Å². The first-order valence-electron chi connectivity index (χ1n) is 6.20. The van der Waals surface area contributed by atoms with E-state index in [4.69, 9.17) is 11.6 Å². The summed E-state index contributed by atoms with van der Waals surface area (Å²) in [5.74, 6) is -1.33. The third-order valence-corrected chi connectivity index (χ3v) is 3.08. The van der Waals surface area contributed by atoms with Crippen molar-refractivity contribution in [3.8, 4) is 0 Å². The van der Waals surface area contributed by atoms with E-state index in [0.29, 0.717) is 5.69 Å². The van der Waals surface area contributed by atoms with Gasteiger partial charge in [-0.15, -0.1) is 0 Å². The standard InChI is InChI=1S/C15H13ClF2N2O/c1-9-2-4-14(12(18)6-9)19-8-15(21)20-13-5-3-10(17)7-11(13)16/h2-7,19H,8H2,1H3,(H,20,21). The molecular formula is C15H13ClF2N2O. The van der Waals surface area contributed by atoms with Crippen molar-refractivity contribution in [3.63, 3.8) is 0 Å². The average molecular weight is 311 g/mol. The average Bonchev–Trinajstić information content (AvgIpc) is 2.41. The van der Waals surface area contributed by atoms with Crippen LogP contribution >= 0.6 is 11.6 Å². The smallest absolute Gasteiger partial charge is 0.243 e. The molecule has 0 bridgehead atoms. The van der Waals surface area contributed by atoms with Crippen molar-refractivity contribution in [3.05, 3.63) is 58.6 Å². The van der Waals surface area contributed by atoms with E-state index >= 15 is 0 Å². The number of carbonyl (C=O) groups excluding carboxylic acids is 1. The largest absolute Gasteiger partial charge is 0.374 e. The highest BCUT2D eigenvalue weighted by molar-refractivity contribution is 6.33. The van der Waals surface area contributed by atoms with E-state index in [1.807, 2.05) is 0 Å². The first-order chi connectivity index (χ1) is 9.95. The SMILES string of the molecule is Cc1ccc(NCC(=O)Nc2ccc(F)cc2Cl)c(F)c1. The van der Waals surface area contributed by atoms with Crippen LogP contribution in [-0.2, 0) is 4.79 Å². The molecule has 0 radical (unpaired) electrons. The van der Waals surface area contributed by atoms with Gasteiger partial charge in [0.1, 0.15) is 11.6 Å². The summed E-state index contributed by atoms with van der Waals surface area (Å²) in [5.41, 5.74) is 1.33. The topological polar surface area (TPSA) is 41.1 Å². The number of aryl methyl sites for hydroxylation is 1. The number of rotatable bonds is 4. The molecule has 21 heavy (non-hydrogen) atoms. The third-order valence-electron chi connectivity index (χ3n) is 2.77. The number of nitrogens with one attached hydrogen (secondary N) is 2. The summed E-state index contributed by atoms with van der Waals surface area (Å²) >= 11 is 5.80. The minimum absolute atomic E-state index is 0.102. The molecule has 0 saturated carbocycles. The molecule has 2 rings (SSSR count). The number of benzene rings is 2. The molecule has 110 valence electrons. The van der Waals surface area contributed by atoms with Crippen molar-refractivity contribution in [1.82, 2.24) is 0 Å². The first-order valence-corrected chi connectivity index (χ1v) is 6.58. The van der Waals surface area contributed by atoms with Crippen LogP contribution in [0.3, 0.4) is 0 Å². The molecule has 0 aromatic heterocycles. The van der Waals surface area contributed by atoms with Gasteiger partial charge in [-0.2, -0.15) is 0 Å². The normalized spacial score (nSPS) is 10.3. The molecule has 3 nitrogen and oxygen atoms in total. The van der Waals surface area contributed by atoms with Gasteiger partial charge >= 0.3 is 0 Å². The molecule has 0 atom stereocenters. The molecule has 6 heteroatoms. The van der Waals surface area contributed by atoms with Crippen LogP contribution in [0.1, 0.15) is 5.56 Å². The van der Waals surface area contributed by atoms with Gasteiger partial charge in [0.25, 0.3) is 0 Å². The molecule has 0 saturated heterocycles. The number of anilines is 2. The zero-order chi connectivity index (χ0) is 15.4. The Morgan fingerprint density at radius 3 is 2.52 bits per heavy atom. The number of amides is 1. The Hall–Kier alpha value is -2.14. The van der Waals surface area contributed by atoms with Crippen LogP contribution in [0, 0.1) is 18.6 Å². The molecule has 0 aliphatic rings. The molecule has 1 amide bonds. The quantitative estimate of drug-likeness (QED) is 0.897. The van der Waals surface area contributed by atoms with Gasteiger partial charge in [-0.25, -0.2) is 8.78 Å². The molecule has 0 spiro atoms. The minimum atomic E-state index is -0.488. The summed E-state index contributed by atoms with van der Waals surface area (Å²) in [7, 11) is 0. The summed E-state index contributed by atoms with van der Waals surface area (Å²) < 4.78 is 26.5. The number of hydrogen-bond donors (Lipinski definition) is 2. The van der Waals surface area contributed by atoms with Gasteiger partial charge in [0.2, 0.25) is 5.91 Å². The fourth-order valence-electron chi connectivity index (χ4n) is 1.72. The molecule has 0 unspecified atom stereocenters. The van der Waals surface area contributed by atoms with Crippen LogP contribution in [0.15, 0.2) is 36.4 Å². The number of hydrogen-bond acceptors (Lipinski definition) is 2. The van der Waals surface area contributed by atoms with Crippen LogP contribution in [-0.4, -0.2) is 12.5 Å². The van der Waals surface area contributed by atoms with E-state index in [0.717, 1.165) is 11.6 Å². The predicted octanol–water partition coefficient (Wildman–Crippen LogP) is 3.98. The summed E-state index contributed by atoms with van der Waals surface area (Å²) in [4.78, 5) is 11.8. The second-order valence-electron chi connectivity index (χ2n) is 4.51. The molecule has 0 aliphatic carbocycles. The summed E-state index contributed by atoms with van der Waals surface area (Å²) in [5, 5.41) is 5.30. The minimum Gasteiger partial charge on any atom is -0.374 e. The highest BCUT2D eigenvalue weighted by Crippen LogP contribution is 2.22. The van der Waals surface area contributed by atoms with Gasteiger partial charge < -0.3 is 10.6 Å². The van der Waals surface area contributed by atoms with E-state index < -0.39 is 17.5 Å². The monoisotopic (exact) mass is 310 g/mol. The van der Waals surface area contributed by atoms with Crippen LogP contribution in [0.25, 0.3) is 0 Å². The Labute approximate surface area is 125 Å². The number of halogens is 3. The van der Waals surface area contributed by atoms with Gasteiger partial charge in [-0.3, -0.25) is 4.79 Å². The lowest BCUT2D eigenvalue weighted by atomic mass is 10.2. The molecule has 2 aromatic rings. The van der Waals surface area contributed by atoms with Crippen LogP contribution in [0.2, 0.25) is 5.02 Å². The van der Waals surface area contributed by atoms with E-state index in [1.54, 1.807) is 19.1 Å². The van der Waals surface area contributed by atoms with Gasteiger partial charge in [0, 0.05) is 0 Å². The Bertz CT molecular complexity index is 677. The maximum Gasteiger partial charge on any atom is 0.243 e. The Balaban J connectivity index is 1.96. The zero-order valence-corrected chi connectivity index (χ0v) is 12.0. The molecule has 2 N–H and O–H groups in total. The van der Waals surface area contributed by atoms with E-state index in [1.165, 1.54) is 18.2 Å². The first kappa shape index (κ1) is 15.3. The van der Waals surface area contributed by atoms with Gasteiger partial charge in [-0.1, -0.05) is 17.7 Å². The predicted molar refractivity (Wildman–Crippen MR) is 79.7 cm³/mol. The van der Waals surface area contributed by atoms with Crippen molar-refractivity contribution >= 4 is 28.9 Å². The molecule has 2 aromatic carbocycles. The van der Waals surface area contributed by atoms with E-state index in [9.17, 15) is 13.6 Å². The van der Waals surface area contributed by atoms with Crippen molar-refractivity contribution in [2.24, 2.45) is 0 Å². The van der Waals surface area contributed by atoms with Crippen LogP contribution < -0.4 is 10.6 Å². The molecule has 0 fully saturated rings. The van der Waals surface area contributed by atoms with Gasteiger partial charge in [0.05, 0.1) is 22.9 Å². The fourth-order valence-corrected chi connectivity index (χ4v) is 1.94. The van der Waals surface area contributed by atoms with Gasteiger partial charge in [0.15, 0.2) is 0 Å². The van der Waals surface area contributed by atoms with E-state index in [2.05, 4.69) is 10.6 Å². The Morgan fingerprint density at radius 2 is 1.86 bits per heavy atom. The fraction of sp³-hybridized carbons (Fsp3) is 0.133. The maximum atomic E-state index is 13.6. The highest BCUT2D eigenvalue weighted by atomic mass is 35.5. The summed E-state index contributed by atoms with van der Waals surface area (Å²) in [6, 6.07) is 8.32. The number of carbonyl (C=O) groups is 1. The summed E-state index contributed by atoms with van der Waals surface area (Å²) in [6.45, 7) is 1.64. The third kappa shape index (κ3) is 4.16. The molecule has 0 heterocycles. The second kappa shape index (κ2) is 6.54.